The Morgan fingerprint density at radius 2 is 2.06 bits per heavy atom. The van der Waals surface area contributed by atoms with E-state index >= 15 is 0 Å². The number of benzene rings is 1. The Morgan fingerprint density at radius 3 is 2.72 bits per heavy atom. The molecule has 0 saturated carbocycles. The number of carbonyl (C=O) groups excluding carboxylic acids is 2. The summed E-state index contributed by atoms with van der Waals surface area (Å²) in [7, 11) is 1.30. The molecule has 1 unspecified atom stereocenters. The van der Waals surface area contributed by atoms with Crippen LogP contribution < -0.4 is 0 Å². The number of hydrogen-bond donors (Lipinski definition) is 0. The lowest BCUT2D eigenvalue weighted by molar-refractivity contribution is -0.143. The third-order valence-corrected chi connectivity index (χ3v) is 2.78. The van der Waals surface area contributed by atoms with Gasteiger partial charge in [-0.25, -0.2) is 4.79 Å². The van der Waals surface area contributed by atoms with Crippen molar-refractivity contribution in [3.8, 4) is 0 Å². The lowest BCUT2D eigenvalue weighted by atomic mass is 10.1. The molecule has 0 aliphatic carbocycles. The van der Waals surface area contributed by atoms with Crippen molar-refractivity contribution in [3.63, 3.8) is 0 Å². The number of methoxy groups -OCH3 is 1. The molecule has 5 nitrogen and oxygen atoms in total. The van der Waals surface area contributed by atoms with E-state index in [0.717, 1.165) is 0 Å². The predicted molar refractivity (Wildman–Crippen MR) is 66.6 cm³/mol. The fourth-order valence-corrected chi connectivity index (χ4v) is 1.84. The van der Waals surface area contributed by atoms with Crippen LogP contribution in [0.2, 0.25) is 0 Å². The highest BCUT2D eigenvalue weighted by Crippen LogP contribution is 2.11. The summed E-state index contributed by atoms with van der Waals surface area (Å²) in [4.78, 5) is 29.4. The van der Waals surface area contributed by atoms with Gasteiger partial charge in [-0.2, -0.15) is 0 Å². The van der Waals surface area contributed by atoms with E-state index in [0.29, 0.717) is 18.7 Å². The largest absolute Gasteiger partial charge is 0.467 e. The number of esters is 1. The molecule has 1 aromatic carbocycles. The van der Waals surface area contributed by atoms with E-state index in [1.165, 1.54) is 18.2 Å². The summed E-state index contributed by atoms with van der Waals surface area (Å²) < 4.78 is 4.68. The van der Waals surface area contributed by atoms with Crippen LogP contribution in [-0.2, 0) is 9.53 Å². The molecule has 1 heterocycles. The first-order chi connectivity index (χ1) is 8.74. The van der Waals surface area contributed by atoms with Gasteiger partial charge in [-0.15, -0.1) is 0 Å². The van der Waals surface area contributed by atoms with Crippen LogP contribution in [0.3, 0.4) is 0 Å². The Morgan fingerprint density at radius 1 is 1.33 bits per heavy atom. The van der Waals surface area contributed by atoms with Crippen LogP contribution in [-0.4, -0.2) is 49.2 Å². The molecule has 1 aromatic rings. The lowest BCUT2D eigenvalue weighted by Gasteiger charge is -2.29. The van der Waals surface area contributed by atoms with Crippen LogP contribution in [0.15, 0.2) is 35.3 Å². The van der Waals surface area contributed by atoms with Crippen molar-refractivity contribution in [1.29, 1.82) is 0 Å². The second-order valence-corrected chi connectivity index (χ2v) is 3.89. The summed E-state index contributed by atoms with van der Waals surface area (Å²) in [6.45, 7) is 0.927. The number of carbonyl (C=O) groups is 2. The van der Waals surface area contributed by atoms with Gasteiger partial charge in [0, 0.05) is 18.3 Å². The van der Waals surface area contributed by atoms with Gasteiger partial charge in [-0.05, 0) is 12.1 Å². The van der Waals surface area contributed by atoms with Crippen molar-refractivity contribution < 1.29 is 14.3 Å². The Balaban J connectivity index is 2.23. The molecule has 0 aromatic heterocycles. The van der Waals surface area contributed by atoms with Crippen molar-refractivity contribution in [3.05, 3.63) is 35.9 Å². The molecular formula is C13H14N2O3. The Bertz CT molecular complexity index is 470. The molecule has 0 radical (unpaired) electrons. The minimum atomic E-state index is -0.726. The zero-order valence-electron chi connectivity index (χ0n) is 10.1. The zero-order chi connectivity index (χ0) is 13.0. The summed E-state index contributed by atoms with van der Waals surface area (Å²) in [6.07, 6.45) is 1.47. The van der Waals surface area contributed by atoms with E-state index in [9.17, 15) is 9.59 Å². The van der Waals surface area contributed by atoms with E-state index in [-0.39, 0.29) is 5.91 Å². The summed E-state index contributed by atoms with van der Waals surface area (Å²) in [5.41, 5.74) is 0.557. The standard InChI is InChI=1S/C13H14N2O3/c1-18-13(17)11-9-14-7-8-15(11)12(16)10-5-3-2-4-6-10/h2-6,9,11H,7-8H2,1H3. The molecule has 2 rings (SSSR count). The van der Waals surface area contributed by atoms with E-state index in [2.05, 4.69) is 9.73 Å². The van der Waals surface area contributed by atoms with Crippen molar-refractivity contribution >= 4 is 18.1 Å². The fraction of sp³-hybridized carbons (Fsp3) is 0.308. The number of amides is 1. The van der Waals surface area contributed by atoms with Gasteiger partial charge in [0.05, 0.1) is 13.7 Å². The van der Waals surface area contributed by atoms with Gasteiger partial charge >= 0.3 is 5.97 Å². The molecule has 94 valence electrons. The van der Waals surface area contributed by atoms with Crippen molar-refractivity contribution in [2.75, 3.05) is 20.2 Å². The molecular weight excluding hydrogens is 232 g/mol. The van der Waals surface area contributed by atoms with Gasteiger partial charge in [0.25, 0.3) is 5.91 Å². The predicted octanol–water partition coefficient (Wildman–Crippen LogP) is 0.755. The first-order valence-corrected chi connectivity index (χ1v) is 5.68. The molecule has 1 aliphatic heterocycles. The van der Waals surface area contributed by atoms with E-state index in [4.69, 9.17) is 0 Å². The van der Waals surface area contributed by atoms with Crippen molar-refractivity contribution in [2.24, 2.45) is 4.99 Å². The molecule has 0 fully saturated rings. The summed E-state index contributed by atoms with van der Waals surface area (Å²) in [6, 6.07) is 8.14. The van der Waals surface area contributed by atoms with Crippen LogP contribution in [0.25, 0.3) is 0 Å². The Labute approximate surface area is 105 Å². The average molecular weight is 246 g/mol. The van der Waals surface area contributed by atoms with Gasteiger partial charge < -0.3 is 9.64 Å². The molecule has 0 saturated heterocycles. The molecule has 18 heavy (non-hydrogen) atoms. The van der Waals surface area contributed by atoms with Crippen LogP contribution in [0, 0.1) is 0 Å². The molecule has 1 aliphatic rings. The highest BCUT2D eigenvalue weighted by Gasteiger charge is 2.31. The summed E-state index contributed by atoms with van der Waals surface area (Å²) >= 11 is 0. The monoisotopic (exact) mass is 246 g/mol. The number of hydrogen-bond acceptors (Lipinski definition) is 4. The molecule has 0 spiro atoms. The van der Waals surface area contributed by atoms with Crippen LogP contribution in [0.1, 0.15) is 10.4 Å². The molecule has 5 heteroatoms. The SMILES string of the molecule is COC(=O)C1C=NCCN1C(=O)c1ccccc1. The fourth-order valence-electron chi connectivity index (χ4n) is 1.84. The number of ether oxygens (including phenoxy) is 1. The van der Waals surface area contributed by atoms with E-state index < -0.39 is 12.0 Å². The smallest absolute Gasteiger partial charge is 0.334 e. The first-order valence-electron chi connectivity index (χ1n) is 5.68. The number of nitrogens with zero attached hydrogens (tertiary/aromatic N) is 2. The van der Waals surface area contributed by atoms with Crippen molar-refractivity contribution in [2.45, 2.75) is 6.04 Å². The molecule has 0 bridgehead atoms. The highest BCUT2D eigenvalue weighted by molar-refractivity contribution is 6.03. The third-order valence-electron chi connectivity index (χ3n) is 2.78. The van der Waals surface area contributed by atoms with Gasteiger partial charge in [-0.3, -0.25) is 9.79 Å². The van der Waals surface area contributed by atoms with Crippen LogP contribution in [0.4, 0.5) is 0 Å². The van der Waals surface area contributed by atoms with Gasteiger partial charge in [0.1, 0.15) is 0 Å². The average Bonchev–Trinajstić information content (AvgIpc) is 2.46. The summed E-state index contributed by atoms with van der Waals surface area (Å²) in [5, 5.41) is 0. The highest BCUT2D eigenvalue weighted by atomic mass is 16.5. The molecule has 1 atom stereocenters. The number of rotatable bonds is 2. The van der Waals surface area contributed by atoms with Crippen molar-refractivity contribution in [1.82, 2.24) is 4.90 Å². The topological polar surface area (TPSA) is 59.0 Å². The first kappa shape index (κ1) is 12.3. The quantitative estimate of drug-likeness (QED) is 0.724. The Kier molecular flexibility index (Phi) is 3.72. The van der Waals surface area contributed by atoms with Crippen LogP contribution >= 0.6 is 0 Å². The Hall–Kier alpha value is -2.17. The molecule has 1 amide bonds. The van der Waals surface area contributed by atoms with Gasteiger partial charge in [-0.1, -0.05) is 18.2 Å². The normalized spacial score (nSPS) is 18.5. The second-order valence-electron chi connectivity index (χ2n) is 3.89. The summed E-state index contributed by atoms with van der Waals surface area (Å²) in [5.74, 6) is -0.653. The number of aliphatic imine (C=N–C) groups is 1. The maximum absolute atomic E-state index is 12.3. The maximum atomic E-state index is 12.3. The zero-order valence-corrected chi connectivity index (χ0v) is 10.1. The minimum absolute atomic E-state index is 0.183. The third kappa shape index (κ3) is 2.40. The minimum Gasteiger partial charge on any atom is -0.467 e. The maximum Gasteiger partial charge on any atom is 0.334 e. The van der Waals surface area contributed by atoms with Gasteiger partial charge in [0.2, 0.25) is 0 Å². The van der Waals surface area contributed by atoms with E-state index in [1.807, 2.05) is 6.07 Å². The second kappa shape index (κ2) is 5.44. The lowest BCUT2D eigenvalue weighted by Crippen LogP contribution is -2.50. The van der Waals surface area contributed by atoms with E-state index in [1.54, 1.807) is 24.3 Å². The van der Waals surface area contributed by atoms with Gasteiger partial charge in [0.15, 0.2) is 6.04 Å². The molecule has 0 N–H and O–H groups in total. The van der Waals surface area contributed by atoms with Crippen LogP contribution in [0.5, 0.6) is 0 Å².